The van der Waals surface area contributed by atoms with Crippen molar-refractivity contribution in [3.63, 3.8) is 0 Å². The summed E-state index contributed by atoms with van der Waals surface area (Å²) in [4.78, 5) is 18.7. The number of carbonyl (C=O) groups excluding carboxylic acids is 1. The lowest BCUT2D eigenvalue weighted by Gasteiger charge is -2.23. The molecule has 1 aliphatic rings. The van der Waals surface area contributed by atoms with Crippen LogP contribution in [0, 0.1) is 10.1 Å². The molecule has 0 spiro atoms. The van der Waals surface area contributed by atoms with Gasteiger partial charge in [-0.15, -0.1) is 0 Å². The van der Waals surface area contributed by atoms with Crippen LogP contribution in [-0.4, -0.2) is 41.3 Å². The molecule has 1 aromatic carbocycles. The molecule has 0 fully saturated rings. The molecule has 0 unspecified atom stereocenters. The Morgan fingerprint density at radius 3 is 2.30 bits per heavy atom. The van der Waals surface area contributed by atoms with Gasteiger partial charge in [-0.05, 0) is 32.1 Å². The highest BCUT2D eigenvalue weighted by atomic mass is 16.6. The van der Waals surface area contributed by atoms with Crippen LogP contribution in [0.25, 0.3) is 5.70 Å². The Hall–Kier alpha value is -3.52. The van der Waals surface area contributed by atoms with E-state index in [-0.39, 0.29) is 5.69 Å². The van der Waals surface area contributed by atoms with Crippen molar-refractivity contribution in [2.45, 2.75) is 48.0 Å². The highest BCUT2D eigenvalue weighted by Gasteiger charge is 2.21. The monoisotopic (exact) mass is 461 g/mol. The molecule has 0 aromatic heterocycles. The molecular weight excluding hydrogens is 422 g/mol. The van der Waals surface area contributed by atoms with Gasteiger partial charge in [0.25, 0.3) is 5.69 Å². The number of hydrazone groups is 1. The molecule has 0 saturated heterocycles. The normalized spacial score (nSPS) is 14.1. The van der Waals surface area contributed by atoms with Gasteiger partial charge in [0.2, 0.25) is 0 Å². The smallest absolute Gasteiger partial charge is 0.270 e. The van der Waals surface area contributed by atoms with Crippen molar-refractivity contribution < 1.29 is 19.6 Å². The van der Waals surface area contributed by atoms with Crippen LogP contribution < -0.4 is 4.74 Å². The van der Waals surface area contributed by atoms with E-state index in [0.717, 1.165) is 18.5 Å². The van der Waals surface area contributed by atoms with Crippen LogP contribution in [0.5, 0.6) is 5.75 Å². The van der Waals surface area contributed by atoms with E-state index in [0.29, 0.717) is 30.0 Å². The summed E-state index contributed by atoms with van der Waals surface area (Å²) in [6.45, 7) is 22.1. The largest absolute Gasteiger partial charge is 0.492 e. The molecule has 0 radical (unpaired) electrons. The molecular formula is C25H39N3O5. The lowest BCUT2D eigenvalue weighted by atomic mass is 10.1. The summed E-state index contributed by atoms with van der Waals surface area (Å²) in [5.41, 5.74) is 2.62. The maximum atomic E-state index is 11.1. The molecule has 1 aromatic rings. The minimum atomic E-state index is -0.439. The quantitative estimate of drug-likeness (QED) is 0.328. The summed E-state index contributed by atoms with van der Waals surface area (Å²) in [6.07, 6.45) is 7.85. The van der Waals surface area contributed by atoms with Gasteiger partial charge in [-0.25, -0.2) is 5.01 Å². The minimum absolute atomic E-state index is 0.0244. The van der Waals surface area contributed by atoms with Gasteiger partial charge in [0.15, 0.2) is 0 Å². The number of nitro benzene ring substituents is 1. The van der Waals surface area contributed by atoms with E-state index in [9.17, 15) is 10.1 Å². The van der Waals surface area contributed by atoms with Crippen molar-refractivity contribution in [2.75, 3.05) is 13.7 Å². The minimum Gasteiger partial charge on any atom is -0.492 e. The third-order valence-electron chi connectivity index (χ3n) is 3.60. The first kappa shape index (κ1) is 34.1. The van der Waals surface area contributed by atoms with Crippen LogP contribution in [0.2, 0.25) is 0 Å². The van der Waals surface area contributed by atoms with E-state index < -0.39 is 4.92 Å². The fourth-order valence-corrected chi connectivity index (χ4v) is 2.39. The summed E-state index contributed by atoms with van der Waals surface area (Å²) >= 11 is 0. The second-order valence-corrected chi connectivity index (χ2v) is 5.46. The van der Waals surface area contributed by atoms with Crippen molar-refractivity contribution in [1.29, 1.82) is 0 Å². The van der Waals surface area contributed by atoms with Gasteiger partial charge in [-0.3, -0.25) is 10.1 Å². The lowest BCUT2D eigenvalue weighted by Crippen LogP contribution is -2.16. The first-order valence-electron chi connectivity index (χ1n) is 10.6. The van der Waals surface area contributed by atoms with E-state index in [1.165, 1.54) is 12.1 Å². The zero-order chi connectivity index (χ0) is 26.4. The molecule has 184 valence electrons. The van der Waals surface area contributed by atoms with Crippen molar-refractivity contribution in [2.24, 2.45) is 5.10 Å². The summed E-state index contributed by atoms with van der Waals surface area (Å²) in [7, 11) is 1.00. The van der Waals surface area contributed by atoms with Gasteiger partial charge in [0.1, 0.15) is 12.5 Å². The molecule has 8 heteroatoms. The number of hydrogen-bond acceptors (Lipinski definition) is 7. The number of nitrogens with zero attached hydrogens (tertiary/aromatic N) is 3. The van der Waals surface area contributed by atoms with Crippen LogP contribution in [0.15, 0.2) is 66.5 Å². The highest BCUT2D eigenvalue weighted by molar-refractivity contribution is 5.83. The van der Waals surface area contributed by atoms with Crippen LogP contribution in [0.1, 0.15) is 53.5 Å². The van der Waals surface area contributed by atoms with Crippen molar-refractivity contribution in [3.05, 3.63) is 77.0 Å². The highest BCUT2D eigenvalue weighted by Crippen LogP contribution is 2.34. The third kappa shape index (κ3) is 11.6. The predicted octanol–water partition coefficient (Wildman–Crippen LogP) is 6.15. The third-order valence-corrected chi connectivity index (χ3v) is 3.60. The predicted molar refractivity (Wildman–Crippen MR) is 138 cm³/mol. The van der Waals surface area contributed by atoms with Gasteiger partial charge in [-0.1, -0.05) is 53.0 Å². The van der Waals surface area contributed by atoms with Crippen LogP contribution in [-0.2, 0) is 4.79 Å². The Morgan fingerprint density at radius 2 is 1.82 bits per heavy atom. The van der Waals surface area contributed by atoms with E-state index in [2.05, 4.69) is 18.3 Å². The zero-order valence-corrected chi connectivity index (χ0v) is 21.0. The molecule has 33 heavy (non-hydrogen) atoms. The number of rotatable bonds is 4. The molecule has 0 amide bonds. The molecule has 0 bridgehead atoms. The second kappa shape index (κ2) is 21.7. The maximum Gasteiger partial charge on any atom is 0.270 e. The van der Waals surface area contributed by atoms with E-state index in [4.69, 9.17) is 14.6 Å². The molecule has 1 aliphatic heterocycles. The topological polar surface area (TPSA) is 105 Å². The number of nitro groups is 1. The van der Waals surface area contributed by atoms with Gasteiger partial charge in [0, 0.05) is 36.9 Å². The number of allylic oxidation sites excluding steroid dienone is 4. The number of hydrogen-bond donors (Lipinski definition) is 1. The van der Waals surface area contributed by atoms with Gasteiger partial charge < -0.3 is 14.6 Å². The second-order valence-electron chi connectivity index (χ2n) is 5.46. The number of carbonyl (C=O) groups is 1. The summed E-state index contributed by atoms with van der Waals surface area (Å²) < 4.78 is 5.78. The lowest BCUT2D eigenvalue weighted by molar-refractivity contribution is -0.384. The van der Waals surface area contributed by atoms with Crippen molar-refractivity contribution in [1.82, 2.24) is 5.01 Å². The first-order valence-corrected chi connectivity index (χ1v) is 10.6. The Morgan fingerprint density at radius 1 is 1.24 bits per heavy atom. The Bertz CT molecular complexity index is 814. The van der Waals surface area contributed by atoms with Crippen molar-refractivity contribution in [3.8, 4) is 5.75 Å². The van der Waals surface area contributed by atoms with E-state index in [1.54, 1.807) is 23.2 Å². The molecule has 0 atom stereocenters. The number of fused-ring (bicyclic) bond motifs is 1. The van der Waals surface area contributed by atoms with Gasteiger partial charge in [0.05, 0.1) is 22.9 Å². The maximum absolute atomic E-state index is 11.1. The van der Waals surface area contributed by atoms with E-state index >= 15 is 0 Å². The molecule has 1 heterocycles. The van der Waals surface area contributed by atoms with Crippen LogP contribution in [0.3, 0.4) is 0 Å². The molecule has 1 N–H and O–H groups in total. The summed E-state index contributed by atoms with van der Waals surface area (Å²) in [6, 6.07) is 4.49. The zero-order valence-electron chi connectivity index (χ0n) is 21.0. The molecule has 0 saturated carbocycles. The average molecular weight is 462 g/mol. The Balaban J connectivity index is -0.00000101. The van der Waals surface area contributed by atoms with Crippen molar-refractivity contribution >= 4 is 23.9 Å². The van der Waals surface area contributed by atoms with Gasteiger partial charge >= 0.3 is 0 Å². The fraction of sp³-hybridized carbons (Fsp3) is 0.360. The summed E-state index contributed by atoms with van der Waals surface area (Å²) in [5, 5.41) is 24.4. The number of non-ortho nitro benzene ring substituents is 1. The molecule has 8 nitrogen and oxygen atoms in total. The fourth-order valence-electron chi connectivity index (χ4n) is 2.39. The average Bonchev–Trinajstić information content (AvgIpc) is 2.92. The Kier molecular flexibility index (Phi) is 22.4. The van der Waals surface area contributed by atoms with Crippen LogP contribution >= 0.6 is 0 Å². The number of benzene rings is 1. The SMILES string of the molecule is C=C/C=C(\C=C/C)N1/N=C(/C)CCOc2ccc([N+](=O)[O-])cc2C1=C.C=O.CC.CC.CO. The van der Waals surface area contributed by atoms with Crippen LogP contribution in [0.4, 0.5) is 5.69 Å². The first-order chi connectivity index (χ1) is 16.0. The van der Waals surface area contributed by atoms with E-state index in [1.807, 2.05) is 60.5 Å². The Labute approximate surface area is 198 Å². The standard InChI is InChI=1S/C19H21N3O3.2C2H6.CH4O.CH2O/c1-5-7-16(8-6-2)21-15(4)18-13-17(22(23)24)9-10-19(18)25-12-11-14(3)20-21;4*1-2/h5-10,13H,1,4,11-12H2,2-3H3;2*1-2H3;2H,1H3;1H2/b8-6-,16-7+,20-14-;;;;. The number of aliphatic hydroxyl groups excluding tert-OH is 1. The number of ether oxygens (including phenoxy) is 1. The molecule has 2 rings (SSSR count). The number of aliphatic hydroxyl groups is 1. The molecule has 0 aliphatic carbocycles. The summed E-state index contributed by atoms with van der Waals surface area (Å²) in [5.74, 6) is 0.545. The van der Waals surface area contributed by atoms with Gasteiger partial charge in [-0.2, -0.15) is 5.10 Å².